The predicted molar refractivity (Wildman–Crippen MR) is 122 cm³/mol. The highest BCUT2D eigenvalue weighted by atomic mass is 32.1. The van der Waals surface area contributed by atoms with Crippen molar-refractivity contribution in [2.45, 2.75) is 32.7 Å². The van der Waals surface area contributed by atoms with E-state index in [4.69, 9.17) is 9.94 Å². The molecule has 9 heteroatoms. The Labute approximate surface area is 193 Å². The van der Waals surface area contributed by atoms with Gasteiger partial charge in [-0.05, 0) is 52.1 Å². The number of aliphatic carboxylic acids is 1. The summed E-state index contributed by atoms with van der Waals surface area (Å²) in [6, 6.07) is 13.4. The molecular formula is C24H23F3N2O3S. The summed E-state index contributed by atoms with van der Waals surface area (Å²) in [6.07, 6.45) is -4.45. The van der Waals surface area contributed by atoms with Gasteiger partial charge in [-0.1, -0.05) is 41.6 Å². The van der Waals surface area contributed by atoms with Crippen molar-refractivity contribution in [3.8, 4) is 11.1 Å². The molecule has 0 saturated heterocycles. The Hall–Kier alpha value is -3.17. The average Bonchev–Trinajstić information content (AvgIpc) is 3.31. The summed E-state index contributed by atoms with van der Waals surface area (Å²) >= 11 is 1.42. The summed E-state index contributed by atoms with van der Waals surface area (Å²) in [7, 11) is 0. The Morgan fingerprint density at radius 3 is 2.52 bits per heavy atom. The third-order valence-electron chi connectivity index (χ3n) is 4.91. The monoisotopic (exact) mass is 476 g/mol. The van der Waals surface area contributed by atoms with Gasteiger partial charge in [0.25, 0.3) is 0 Å². The minimum absolute atomic E-state index is 0.0146. The summed E-state index contributed by atoms with van der Waals surface area (Å²) in [5.41, 5.74) is 2.80. The van der Waals surface area contributed by atoms with Gasteiger partial charge in [0.1, 0.15) is 6.61 Å². The number of rotatable bonds is 10. The lowest BCUT2D eigenvalue weighted by molar-refractivity contribution is -0.139. The molecule has 0 saturated carbocycles. The lowest BCUT2D eigenvalue weighted by Gasteiger charge is -2.14. The van der Waals surface area contributed by atoms with Gasteiger partial charge >= 0.3 is 12.1 Å². The molecule has 0 fully saturated rings. The number of thiophene rings is 1. The van der Waals surface area contributed by atoms with Gasteiger partial charge in [0.2, 0.25) is 0 Å². The number of hydrogen-bond donors (Lipinski definition) is 2. The first-order chi connectivity index (χ1) is 15.7. The molecule has 174 valence electrons. The van der Waals surface area contributed by atoms with Crippen LogP contribution in [-0.2, 0) is 29.0 Å². The zero-order valence-electron chi connectivity index (χ0n) is 17.9. The molecule has 5 nitrogen and oxygen atoms in total. The van der Waals surface area contributed by atoms with E-state index in [9.17, 15) is 18.0 Å². The summed E-state index contributed by atoms with van der Waals surface area (Å²) in [4.78, 5) is 15.8. The van der Waals surface area contributed by atoms with Crippen molar-refractivity contribution < 1.29 is 27.9 Å². The first-order valence-electron chi connectivity index (χ1n) is 10.1. The normalized spacial score (nSPS) is 12.1. The van der Waals surface area contributed by atoms with Crippen LogP contribution in [0.1, 0.15) is 35.6 Å². The van der Waals surface area contributed by atoms with Gasteiger partial charge in [0.15, 0.2) is 0 Å². The standard InChI is InChI=1S/C24H23F3N2O3S/c1-16(18-4-2-17(3-5-18)13-28-10-8-23(30)31)29-32-14-20-7-6-19(21-9-11-33-15-21)12-22(20)24(25,26)27/h2-7,9,11-12,15,28H,8,10,13-14H2,1H3,(H,30,31)/b29-16-. The Morgan fingerprint density at radius 1 is 1.12 bits per heavy atom. The fourth-order valence-electron chi connectivity index (χ4n) is 3.12. The van der Waals surface area contributed by atoms with Crippen LogP contribution in [0.5, 0.6) is 0 Å². The van der Waals surface area contributed by atoms with Gasteiger partial charge in [0, 0.05) is 18.7 Å². The van der Waals surface area contributed by atoms with Crippen LogP contribution in [0.15, 0.2) is 64.4 Å². The van der Waals surface area contributed by atoms with Crippen molar-refractivity contribution in [1.29, 1.82) is 0 Å². The molecule has 33 heavy (non-hydrogen) atoms. The second-order valence-corrected chi connectivity index (χ2v) is 8.13. The third-order valence-corrected chi connectivity index (χ3v) is 5.59. The van der Waals surface area contributed by atoms with E-state index in [1.807, 2.05) is 29.6 Å². The molecule has 1 aromatic heterocycles. The van der Waals surface area contributed by atoms with Crippen LogP contribution in [0.4, 0.5) is 13.2 Å². The van der Waals surface area contributed by atoms with Crippen LogP contribution < -0.4 is 5.32 Å². The average molecular weight is 477 g/mol. The van der Waals surface area contributed by atoms with Crippen LogP contribution >= 0.6 is 11.3 Å². The molecule has 0 aliphatic rings. The van der Waals surface area contributed by atoms with E-state index in [1.54, 1.807) is 24.4 Å². The molecule has 0 amide bonds. The molecule has 2 N–H and O–H groups in total. The van der Waals surface area contributed by atoms with Crippen LogP contribution in [-0.4, -0.2) is 23.3 Å². The lowest BCUT2D eigenvalue weighted by Crippen LogP contribution is -2.17. The van der Waals surface area contributed by atoms with E-state index in [1.165, 1.54) is 17.4 Å². The second kappa shape index (κ2) is 11.1. The van der Waals surface area contributed by atoms with Gasteiger partial charge in [-0.2, -0.15) is 24.5 Å². The summed E-state index contributed by atoms with van der Waals surface area (Å²) in [5, 5.41) is 19.3. The molecule has 3 aromatic rings. The number of carboxylic acids is 1. The Bertz CT molecular complexity index is 1100. The van der Waals surface area contributed by atoms with Crippen LogP contribution in [0, 0.1) is 0 Å². The van der Waals surface area contributed by atoms with E-state index >= 15 is 0 Å². The quantitative estimate of drug-likeness (QED) is 0.216. The summed E-state index contributed by atoms with van der Waals surface area (Å²) < 4.78 is 40.8. The molecule has 0 aliphatic heterocycles. The molecule has 3 rings (SSSR count). The number of carboxylic acid groups (broad SMARTS) is 1. The van der Waals surface area contributed by atoms with E-state index in [0.717, 1.165) is 22.8 Å². The molecule has 2 aromatic carbocycles. The highest BCUT2D eigenvalue weighted by molar-refractivity contribution is 7.08. The van der Waals surface area contributed by atoms with Crippen molar-refractivity contribution in [2.75, 3.05) is 6.54 Å². The number of alkyl halides is 3. The fraction of sp³-hybridized carbons (Fsp3) is 0.250. The maximum atomic E-state index is 13.6. The zero-order valence-corrected chi connectivity index (χ0v) is 18.7. The first-order valence-corrected chi connectivity index (χ1v) is 11.1. The van der Waals surface area contributed by atoms with Gasteiger partial charge in [-0.15, -0.1) is 0 Å². The van der Waals surface area contributed by atoms with Crippen molar-refractivity contribution in [3.63, 3.8) is 0 Å². The van der Waals surface area contributed by atoms with E-state index in [-0.39, 0.29) is 18.6 Å². The number of carbonyl (C=O) groups is 1. The Morgan fingerprint density at radius 2 is 1.88 bits per heavy atom. The topological polar surface area (TPSA) is 70.9 Å². The molecule has 0 spiro atoms. The minimum Gasteiger partial charge on any atom is -0.481 e. The lowest BCUT2D eigenvalue weighted by atomic mass is 10.0. The first kappa shape index (κ1) is 24.5. The molecule has 1 heterocycles. The fourth-order valence-corrected chi connectivity index (χ4v) is 3.78. The van der Waals surface area contributed by atoms with Gasteiger partial charge < -0.3 is 15.3 Å². The van der Waals surface area contributed by atoms with Gasteiger partial charge in [-0.3, -0.25) is 4.79 Å². The van der Waals surface area contributed by atoms with Crippen LogP contribution in [0.25, 0.3) is 11.1 Å². The van der Waals surface area contributed by atoms with E-state index in [2.05, 4.69) is 10.5 Å². The molecule has 0 radical (unpaired) electrons. The summed E-state index contributed by atoms with van der Waals surface area (Å²) in [6.45, 7) is 2.31. The van der Waals surface area contributed by atoms with Crippen LogP contribution in [0.2, 0.25) is 0 Å². The summed E-state index contributed by atoms with van der Waals surface area (Å²) in [5.74, 6) is -0.856. The largest absolute Gasteiger partial charge is 0.481 e. The Kier molecular flexibility index (Phi) is 8.24. The van der Waals surface area contributed by atoms with Crippen molar-refractivity contribution in [1.82, 2.24) is 5.32 Å². The highest BCUT2D eigenvalue weighted by Crippen LogP contribution is 2.35. The molecule has 0 unspecified atom stereocenters. The minimum atomic E-state index is -4.50. The van der Waals surface area contributed by atoms with Gasteiger partial charge in [0.05, 0.1) is 17.7 Å². The second-order valence-electron chi connectivity index (χ2n) is 7.35. The SMILES string of the molecule is C/C(=N/OCc1ccc(-c2ccsc2)cc1C(F)(F)F)c1ccc(CNCCC(=O)O)cc1. The number of hydrogen-bond acceptors (Lipinski definition) is 5. The highest BCUT2D eigenvalue weighted by Gasteiger charge is 2.33. The predicted octanol–water partition coefficient (Wildman–Crippen LogP) is 5.94. The number of nitrogens with one attached hydrogen (secondary N) is 1. The number of benzene rings is 2. The van der Waals surface area contributed by atoms with Crippen molar-refractivity contribution >= 4 is 23.0 Å². The zero-order chi connectivity index (χ0) is 23.8. The van der Waals surface area contributed by atoms with Crippen LogP contribution in [0.3, 0.4) is 0 Å². The Balaban J connectivity index is 1.62. The maximum absolute atomic E-state index is 13.6. The molecule has 0 atom stereocenters. The third kappa shape index (κ3) is 7.16. The van der Waals surface area contributed by atoms with Gasteiger partial charge in [-0.25, -0.2) is 0 Å². The smallest absolute Gasteiger partial charge is 0.416 e. The maximum Gasteiger partial charge on any atom is 0.416 e. The van der Waals surface area contributed by atoms with Crippen molar-refractivity contribution in [2.24, 2.45) is 5.16 Å². The molecule has 0 bridgehead atoms. The number of nitrogens with zero attached hydrogens (tertiary/aromatic N) is 1. The molecular weight excluding hydrogens is 453 g/mol. The van der Waals surface area contributed by atoms with E-state index < -0.39 is 17.7 Å². The van der Waals surface area contributed by atoms with E-state index in [0.29, 0.717) is 24.4 Å². The molecule has 0 aliphatic carbocycles. The van der Waals surface area contributed by atoms with Crippen molar-refractivity contribution in [3.05, 3.63) is 81.5 Å². The number of halogens is 3. The number of oxime groups is 1.